The first-order valence-corrected chi connectivity index (χ1v) is 9.20. The fourth-order valence-corrected chi connectivity index (χ4v) is 3.83. The van der Waals surface area contributed by atoms with Crippen molar-refractivity contribution in [2.24, 2.45) is 5.92 Å². The first kappa shape index (κ1) is 16.9. The third kappa shape index (κ3) is 3.76. The van der Waals surface area contributed by atoms with Crippen molar-refractivity contribution in [2.45, 2.75) is 26.8 Å². The van der Waals surface area contributed by atoms with Gasteiger partial charge in [0.2, 0.25) is 0 Å². The van der Waals surface area contributed by atoms with E-state index in [2.05, 4.69) is 33.5 Å². The number of amides is 1. The first-order chi connectivity index (χ1) is 11.6. The molecular weight excluding hydrogens is 320 g/mol. The average molecular weight is 344 g/mol. The van der Waals surface area contributed by atoms with E-state index in [-0.39, 0.29) is 5.91 Å². The van der Waals surface area contributed by atoms with E-state index in [0.717, 1.165) is 36.0 Å². The van der Waals surface area contributed by atoms with E-state index in [4.69, 9.17) is 0 Å². The zero-order valence-electron chi connectivity index (χ0n) is 14.4. The normalized spacial score (nSPS) is 17.3. The number of hydrogen-bond acceptors (Lipinski definition) is 5. The molecule has 1 aromatic heterocycles. The van der Waals surface area contributed by atoms with Crippen molar-refractivity contribution in [1.82, 2.24) is 10.3 Å². The van der Waals surface area contributed by atoms with Crippen molar-refractivity contribution in [2.75, 3.05) is 30.4 Å². The summed E-state index contributed by atoms with van der Waals surface area (Å²) >= 11 is 1.55. The number of thiazole rings is 1. The minimum absolute atomic E-state index is 0.144. The summed E-state index contributed by atoms with van der Waals surface area (Å²) in [5.74, 6) is 0.555. The van der Waals surface area contributed by atoms with Gasteiger partial charge in [0.15, 0.2) is 5.13 Å². The summed E-state index contributed by atoms with van der Waals surface area (Å²) in [5.41, 5.74) is 3.59. The Labute approximate surface area is 147 Å². The van der Waals surface area contributed by atoms with Crippen molar-refractivity contribution >= 4 is 28.1 Å². The van der Waals surface area contributed by atoms with E-state index in [9.17, 15) is 4.79 Å². The molecule has 5 nitrogen and oxygen atoms in total. The lowest BCUT2D eigenvalue weighted by Crippen LogP contribution is -2.19. The maximum Gasteiger partial charge on any atom is 0.275 e. The molecule has 1 amide bonds. The van der Waals surface area contributed by atoms with Crippen LogP contribution >= 0.6 is 11.3 Å². The Bertz CT molecular complexity index is 728. The van der Waals surface area contributed by atoms with Crippen LogP contribution in [0.2, 0.25) is 0 Å². The van der Waals surface area contributed by atoms with E-state index >= 15 is 0 Å². The number of hydrogen-bond donors (Lipinski definition) is 2. The molecule has 1 aliphatic rings. The summed E-state index contributed by atoms with van der Waals surface area (Å²) in [4.78, 5) is 19.3. The lowest BCUT2D eigenvalue weighted by molar-refractivity contribution is 0.102. The van der Waals surface area contributed by atoms with Gasteiger partial charge >= 0.3 is 0 Å². The molecule has 1 aromatic carbocycles. The number of anilines is 2. The fraction of sp³-hybridized carbons (Fsp3) is 0.444. The van der Waals surface area contributed by atoms with Gasteiger partial charge in [-0.15, -0.1) is 11.3 Å². The number of rotatable bonds is 5. The molecule has 1 unspecified atom stereocenters. The van der Waals surface area contributed by atoms with E-state index in [1.807, 2.05) is 31.5 Å². The molecular formula is C18H24N4OS. The Kier molecular flexibility index (Phi) is 5.16. The standard InChI is InChI=1S/C18H24N4OS/c1-12-6-7-22(10-12)18-21-16(11-24-18)17(23)20-15-5-4-14(9-19-3)8-13(15)2/h4-5,8,11-12,19H,6-7,9-10H2,1-3H3,(H,20,23). The van der Waals surface area contributed by atoms with Gasteiger partial charge in [-0.3, -0.25) is 4.79 Å². The van der Waals surface area contributed by atoms with Crippen LogP contribution in [0.5, 0.6) is 0 Å². The second-order valence-electron chi connectivity index (χ2n) is 6.49. The van der Waals surface area contributed by atoms with Gasteiger partial charge < -0.3 is 15.5 Å². The van der Waals surface area contributed by atoms with Crippen LogP contribution in [-0.4, -0.2) is 31.0 Å². The van der Waals surface area contributed by atoms with E-state index in [1.165, 1.54) is 12.0 Å². The van der Waals surface area contributed by atoms with Crippen LogP contribution in [0.4, 0.5) is 10.8 Å². The van der Waals surface area contributed by atoms with Crippen LogP contribution in [0.3, 0.4) is 0 Å². The lowest BCUT2D eigenvalue weighted by atomic mass is 10.1. The number of carbonyl (C=O) groups is 1. The topological polar surface area (TPSA) is 57.3 Å². The number of aromatic nitrogens is 1. The highest BCUT2D eigenvalue weighted by Gasteiger charge is 2.22. The number of aryl methyl sites for hydroxylation is 1. The number of nitrogens with one attached hydrogen (secondary N) is 2. The molecule has 3 rings (SSSR count). The lowest BCUT2D eigenvalue weighted by Gasteiger charge is -2.13. The molecule has 0 bridgehead atoms. The van der Waals surface area contributed by atoms with Crippen LogP contribution in [0.1, 0.15) is 35.0 Å². The largest absolute Gasteiger partial charge is 0.348 e. The van der Waals surface area contributed by atoms with Crippen LogP contribution in [-0.2, 0) is 6.54 Å². The highest BCUT2D eigenvalue weighted by molar-refractivity contribution is 7.14. The zero-order valence-corrected chi connectivity index (χ0v) is 15.2. The number of benzene rings is 1. The molecule has 6 heteroatoms. The first-order valence-electron chi connectivity index (χ1n) is 8.32. The maximum atomic E-state index is 12.5. The minimum Gasteiger partial charge on any atom is -0.348 e. The third-order valence-corrected chi connectivity index (χ3v) is 5.24. The second kappa shape index (κ2) is 7.32. The molecule has 0 aliphatic carbocycles. The highest BCUT2D eigenvalue weighted by atomic mass is 32.1. The summed E-state index contributed by atoms with van der Waals surface area (Å²) < 4.78 is 0. The molecule has 1 atom stereocenters. The molecule has 2 aromatic rings. The zero-order chi connectivity index (χ0) is 17.1. The van der Waals surface area contributed by atoms with Crippen molar-refractivity contribution in [3.05, 3.63) is 40.4 Å². The minimum atomic E-state index is -0.144. The Balaban J connectivity index is 1.68. The SMILES string of the molecule is CNCc1ccc(NC(=O)c2csc(N3CCC(C)C3)n2)c(C)c1. The molecule has 1 aliphatic heterocycles. The fourth-order valence-electron chi connectivity index (χ4n) is 2.99. The molecule has 0 saturated carbocycles. The van der Waals surface area contributed by atoms with Crippen molar-refractivity contribution in [3.63, 3.8) is 0 Å². The van der Waals surface area contributed by atoms with Crippen LogP contribution < -0.4 is 15.5 Å². The average Bonchev–Trinajstić information content (AvgIpc) is 3.19. The third-order valence-electron chi connectivity index (χ3n) is 4.34. The molecule has 24 heavy (non-hydrogen) atoms. The van der Waals surface area contributed by atoms with Crippen molar-refractivity contribution in [3.8, 4) is 0 Å². The summed E-state index contributed by atoms with van der Waals surface area (Å²) in [6.45, 7) is 7.13. The molecule has 128 valence electrons. The monoisotopic (exact) mass is 344 g/mol. The van der Waals surface area contributed by atoms with Crippen molar-refractivity contribution in [1.29, 1.82) is 0 Å². The Morgan fingerprint density at radius 3 is 2.96 bits per heavy atom. The summed E-state index contributed by atoms with van der Waals surface area (Å²) in [7, 11) is 1.92. The summed E-state index contributed by atoms with van der Waals surface area (Å²) in [6.07, 6.45) is 1.19. The predicted octanol–water partition coefficient (Wildman–Crippen LogP) is 3.27. The molecule has 2 heterocycles. The van der Waals surface area contributed by atoms with Gasteiger partial charge in [0.05, 0.1) is 0 Å². The summed E-state index contributed by atoms with van der Waals surface area (Å²) in [6, 6.07) is 6.07. The van der Waals surface area contributed by atoms with Gasteiger partial charge in [-0.05, 0) is 43.5 Å². The van der Waals surface area contributed by atoms with Gasteiger partial charge in [-0.25, -0.2) is 4.98 Å². The molecule has 2 N–H and O–H groups in total. The maximum absolute atomic E-state index is 12.5. The van der Waals surface area contributed by atoms with Crippen LogP contribution in [0, 0.1) is 12.8 Å². The van der Waals surface area contributed by atoms with Crippen LogP contribution in [0.25, 0.3) is 0 Å². The smallest absolute Gasteiger partial charge is 0.275 e. The van der Waals surface area contributed by atoms with Gasteiger partial charge in [0.1, 0.15) is 5.69 Å². The van der Waals surface area contributed by atoms with Gasteiger partial charge in [-0.1, -0.05) is 19.1 Å². The van der Waals surface area contributed by atoms with E-state index in [1.54, 1.807) is 11.3 Å². The molecule has 1 fully saturated rings. The molecule has 0 spiro atoms. The number of carbonyl (C=O) groups excluding carboxylic acids is 1. The predicted molar refractivity (Wildman–Crippen MR) is 100 cm³/mol. The van der Waals surface area contributed by atoms with E-state index in [0.29, 0.717) is 11.6 Å². The van der Waals surface area contributed by atoms with E-state index < -0.39 is 0 Å². The Morgan fingerprint density at radius 2 is 2.29 bits per heavy atom. The van der Waals surface area contributed by atoms with Gasteiger partial charge in [0, 0.05) is 30.7 Å². The molecule has 0 radical (unpaired) electrons. The summed E-state index contributed by atoms with van der Waals surface area (Å²) in [5, 5.41) is 8.90. The quantitative estimate of drug-likeness (QED) is 0.874. The second-order valence-corrected chi connectivity index (χ2v) is 7.33. The number of nitrogens with zero attached hydrogens (tertiary/aromatic N) is 2. The Hall–Kier alpha value is -1.92. The highest BCUT2D eigenvalue weighted by Crippen LogP contribution is 2.27. The van der Waals surface area contributed by atoms with Gasteiger partial charge in [-0.2, -0.15) is 0 Å². The van der Waals surface area contributed by atoms with Gasteiger partial charge in [0.25, 0.3) is 5.91 Å². The van der Waals surface area contributed by atoms with Crippen LogP contribution in [0.15, 0.2) is 23.6 Å². The van der Waals surface area contributed by atoms with Crippen molar-refractivity contribution < 1.29 is 4.79 Å². The Morgan fingerprint density at radius 1 is 1.46 bits per heavy atom. The molecule has 1 saturated heterocycles.